The highest BCUT2D eigenvalue weighted by Gasteiger charge is 2.41. The highest BCUT2D eigenvalue weighted by molar-refractivity contribution is 6.36. The Morgan fingerprint density at radius 2 is 2.20 bits per heavy atom. The zero-order valence-corrected chi connectivity index (χ0v) is 11.6. The lowest BCUT2D eigenvalue weighted by Gasteiger charge is -2.28. The minimum Gasteiger partial charge on any atom is -0.477 e. The Labute approximate surface area is 117 Å². The van der Waals surface area contributed by atoms with Crippen molar-refractivity contribution in [3.63, 3.8) is 0 Å². The van der Waals surface area contributed by atoms with Gasteiger partial charge in [0.1, 0.15) is 0 Å². The molecule has 1 aliphatic heterocycles. The van der Waals surface area contributed by atoms with Gasteiger partial charge in [-0.15, -0.1) is 0 Å². The van der Waals surface area contributed by atoms with Crippen LogP contribution in [0.25, 0.3) is 0 Å². The van der Waals surface area contributed by atoms with Gasteiger partial charge in [0.25, 0.3) is 5.91 Å². The number of oxime groups is 1. The molecule has 6 nitrogen and oxygen atoms in total. The normalized spacial score (nSPS) is 34.8. The Morgan fingerprint density at radius 1 is 1.40 bits per heavy atom. The molecule has 4 unspecified atom stereocenters. The molecule has 2 fully saturated rings. The molecular weight excluding hydrogens is 260 g/mol. The number of likely N-dealkylation sites (N-methyl/N-ethyl adjacent to an activating group) is 1. The minimum absolute atomic E-state index is 0.0647. The summed E-state index contributed by atoms with van der Waals surface area (Å²) in [4.78, 5) is 29.7. The number of aliphatic carboxylic acids is 1. The number of amides is 1. The van der Waals surface area contributed by atoms with Gasteiger partial charge in [-0.05, 0) is 37.0 Å². The van der Waals surface area contributed by atoms with Crippen molar-refractivity contribution in [2.45, 2.75) is 38.2 Å². The first-order chi connectivity index (χ1) is 9.54. The van der Waals surface area contributed by atoms with Gasteiger partial charge in [-0.3, -0.25) is 4.79 Å². The molecule has 0 aromatic heterocycles. The van der Waals surface area contributed by atoms with Crippen molar-refractivity contribution in [1.82, 2.24) is 4.90 Å². The van der Waals surface area contributed by atoms with E-state index >= 15 is 0 Å². The van der Waals surface area contributed by atoms with E-state index in [0.29, 0.717) is 5.92 Å². The highest BCUT2D eigenvalue weighted by atomic mass is 16.6. The number of rotatable bonds is 4. The summed E-state index contributed by atoms with van der Waals surface area (Å²) in [6, 6.07) is 0. The van der Waals surface area contributed by atoms with Crippen LogP contribution in [0, 0.1) is 17.8 Å². The van der Waals surface area contributed by atoms with E-state index in [9.17, 15) is 9.59 Å². The second kappa shape index (κ2) is 5.07. The monoisotopic (exact) mass is 280 g/mol. The Morgan fingerprint density at radius 3 is 2.75 bits per heavy atom. The van der Waals surface area contributed by atoms with Gasteiger partial charge in [0.05, 0.1) is 0 Å². The number of carbonyl (C=O) groups excluding carboxylic acids is 1. The molecule has 1 N–H and O–H groups in total. The predicted molar refractivity (Wildman–Crippen MR) is 71.1 cm³/mol. The molecule has 0 saturated heterocycles. The molecule has 20 heavy (non-hydrogen) atoms. The average Bonchev–Trinajstić information content (AvgIpc) is 3.13. The maximum absolute atomic E-state index is 12.2. The van der Waals surface area contributed by atoms with Crippen LogP contribution in [0.3, 0.4) is 0 Å². The van der Waals surface area contributed by atoms with Crippen LogP contribution in [0.4, 0.5) is 0 Å². The van der Waals surface area contributed by atoms with Gasteiger partial charge in [0, 0.05) is 20.0 Å². The van der Waals surface area contributed by atoms with Gasteiger partial charge in [0.2, 0.25) is 6.10 Å². The summed E-state index contributed by atoms with van der Waals surface area (Å²) in [5, 5.41) is 12.3. The second-order valence-corrected chi connectivity index (χ2v) is 6.30. The fraction of sp³-hybridized carbons (Fsp3) is 0.786. The average molecular weight is 280 g/mol. The number of hydrogen-bond donors (Lipinski definition) is 1. The van der Waals surface area contributed by atoms with E-state index < -0.39 is 12.1 Å². The van der Waals surface area contributed by atoms with Crippen molar-refractivity contribution in [2.24, 2.45) is 22.9 Å². The maximum Gasteiger partial charge on any atom is 0.353 e. The summed E-state index contributed by atoms with van der Waals surface area (Å²) in [5.41, 5.74) is -0.0725. The summed E-state index contributed by atoms with van der Waals surface area (Å²) in [6.07, 6.45) is 4.49. The smallest absolute Gasteiger partial charge is 0.353 e. The van der Waals surface area contributed by atoms with Crippen LogP contribution in [0.1, 0.15) is 32.1 Å². The second-order valence-electron chi connectivity index (χ2n) is 6.30. The summed E-state index contributed by atoms with van der Waals surface area (Å²) in [7, 11) is 1.77. The first-order valence-electron chi connectivity index (χ1n) is 7.25. The lowest BCUT2D eigenvalue weighted by molar-refractivity contribution is -0.141. The third kappa shape index (κ3) is 2.39. The zero-order valence-electron chi connectivity index (χ0n) is 11.6. The molecule has 2 saturated carbocycles. The molecule has 2 aliphatic carbocycles. The molecule has 2 bridgehead atoms. The van der Waals surface area contributed by atoms with Crippen molar-refractivity contribution in [3.05, 3.63) is 0 Å². The fourth-order valence-corrected chi connectivity index (χ4v) is 3.92. The van der Waals surface area contributed by atoms with Gasteiger partial charge < -0.3 is 14.8 Å². The van der Waals surface area contributed by atoms with E-state index in [2.05, 4.69) is 5.16 Å². The summed E-state index contributed by atoms with van der Waals surface area (Å²) in [6.45, 7) is 0.752. The fourth-order valence-electron chi connectivity index (χ4n) is 3.92. The molecule has 3 rings (SSSR count). The zero-order chi connectivity index (χ0) is 14.3. The van der Waals surface area contributed by atoms with Crippen LogP contribution >= 0.6 is 0 Å². The molecule has 0 aromatic rings. The van der Waals surface area contributed by atoms with Crippen molar-refractivity contribution >= 4 is 17.6 Å². The molecule has 6 heteroatoms. The molecule has 0 radical (unpaired) electrons. The molecule has 0 spiro atoms. The van der Waals surface area contributed by atoms with Crippen LogP contribution in [-0.4, -0.2) is 47.3 Å². The van der Waals surface area contributed by atoms with Crippen LogP contribution in [0.5, 0.6) is 0 Å². The van der Waals surface area contributed by atoms with Gasteiger partial charge in [-0.2, -0.15) is 0 Å². The largest absolute Gasteiger partial charge is 0.477 e. The van der Waals surface area contributed by atoms with Gasteiger partial charge in [0.15, 0.2) is 5.71 Å². The van der Waals surface area contributed by atoms with Crippen molar-refractivity contribution in [1.29, 1.82) is 0 Å². The molecule has 110 valence electrons. The maximum atomic E-state index is 12.2. The third-order valence-corrected chi connectivity index (χ3v) is 4.96. The number of fused-ring (bicyclic) bond motifs is 2. The van der Waals surface area contributed by atoms with Crippen LogP contribution in [-0.2, 0) is 14.4 Å². The topological polar surface area (TPSA) is 79.2 Å². The van der Waals surface area contributed by atoms with Crippen LogP contribution < -0.4 is 0 Å². The number of carbonyl (C=O) groups is 2. The quantitative estimate of drug-likeness (QED) is 0.836. The minimum atomic E-state index is -1.11. The number of carboxylic acids is 1. The standard InChI is InChI=1S/C14H20N2O4/c1-16(7-10-5-8-2-3-9(10)4-8)13(17)12-6-11(14(18)19)15-20-12/h8-10,12H,2-7H2,1H3,(H,18,19). The first kappa shape index (κ1) is 13.4. The van der Waals surface area contributed by atoms with Crippen molar-refractivity contribution < 1.29 is 19.5 Å². The first-order valence-corrected chi connectivity index (χ1v) is 7.25. The van der Waals surface area contributed by atoms with E-state index in [0.717, 1.165) is 18.4 Å². The van der Waals surface area contributed by atoms with Crippen molar-refractivity contribution in [2.75, 3.05) is 13.6 Å². The third-order valence-electron chi connectivity index (χ3n) is 4.96. The Bertz CT molecular complexity index is 462. The van der Waals surface area contributed by atoms with E-state index in [-0.39, 0.29) is 18.0 Å². The molecule has 1 amide bonds. The summed E-state index contributed by atoms with van der Waals surface area (Å²) >= 11 is 0. The number of hydrogen-bond acceptors (Lipinski definition) is 4. The van der Waals surface area contributed by atoms with E-state index in [1.165, 1.54) is 25.7 Å². The van der Waals surface area contributed by atoms with Gasteiger partial charge in [-0.25, -0.2) is 4.79 Å². The molecule has 1 heterocycles. The summed E-state index contributed by atoms with van der Waals surface area (Å²) < 4.78 is 0. The van der Waals surface area contributed by atoms with Gasteiger partial charge in [-0.1, -0.05) is 11.6 Å². The Hall–Kier alpha value is -1.59. The van der Waals surface area contributed by atoms with Crippen LogP contribution in [0.15, 0.2) is 5.16 Å². The van der Waals surface area contributed by atoms with Crippen molar-refractivity contribution in [3.8, 4) is 0 Å². The Kier molecular flexibility index (Phi) is 3.40. The molecular formula is C14H20N2O4. The van der Waals surface area contributed by atoms with E-state index in [4.69, 9.17) is 9.94 Å². The summed E-state index contributed by atoms with van der Waals surface area (Å²) in [5.74, 6) is 0.955. The molecule has 0 aromatic carbocycles. The molecule has 4 atom stereocenters. The predicted octanol–water partition coefficient (Wildman–Crippen LogP) is 1.11. The highest BCUT2D eigenvalue weighted by Crippen LogP contribution is 2.48. The molecule has 3 aliphatic rings. The van der Waals surface area contributed by atoms with Crippen LogP contribution in [0.2, 0.25) is 0 Å². The van der Waals surface area contributed by atoms with Gasteiger partial charge >= 0.3 is 5.97 Å². The van der Waals surface area contributed by atoms with E-state index in [1.807, 2.05) is 0 Å². The lowest BCUT2D eigenvalue weighted by Crippen LogP contribution is -2.40. The Balaban J connectivity index is 1.52. The number of nitrogens with zero attached hydrogens (tertiary/aromatic N) is 2. The number of carboxylic acid groups (broad SMARTS) is 1. The SMILES string of the molecule is CN(CC1CC2CCC1C2)C(=O)C1CC(C(=O)O)=NO1. The lowest BCUT2D eigenvalue weighted by atomic mass is 9.88. The van der Waals surface area contributed by atoms with E-state index in [1.54, 1.807) is 11.9 Å².